The summed E-state index contributed by atoms with van der Waals surface area (Å²) in [5, 5.41) is 5.50. The van der Waals surface area contributed by atoms with E-state index in [-0.39, 0.29) is 11.6 Å². The average molecular weight is 227 g/mol. The Balaban J connectivity index is 2.07. The summed E-state index contributed by atoms with van der Waals surface area (Å²) in [4.78, 5) is 3.84. The van der Waals surface area contributed by atoms with Gasteiger partial charge in [0.05, 0.1) is 0 Å². The molecule has 16 heavy (non-hydrogen) atoms. The van der Waals surface area contributed by atoms with Gasteiger partial charge in [0.25, 0.3) is 0 Å². The molecule has 3 nitrogen and oxygen atoms in total. The summed E-state index contributed by atoms with van der Waals surface area (Å²) in [5.74, 6) is 0.136. The molecule has 2 rings (SSSR count). The summed E-state index contributed by atoms with van der Waals surface area (Å²) in [6.07, 6.45) is 1.16. The zero-order valence-electron chi connectivity index (χ0n) is 9.35. The lowest BCUT2D eigenvalue weighted by Gasteiger charge is -2.08. The Morgan fingerprint density at radius 1 is 1.38 bits per heavy atom. The zero-order valence-corrected chi connectivity index (χ0v) is 9.35. The Hall–Kier alpha value is -1.39. The van der Waals surface area contributed by atoms with Crippen LogP contribution < -0.4 is 10.6 Å². The number of aromatic nitrogens is 1. The van der Waals surface area contributed by atoms with Crippen LogP contribution in [0.25, 0.3) is 0 Å². The lowest BCUT2D eigenvalue weighted by atomic mass is 10.3. The van der Waals surface area contributed by atoms with Crippen molar-refractivity contribution in [3.63, 3.8) is 0 Å². The Morgan fingerprint density at radius 3 is 2.56 bits per heavy atom. The van der Waals surface area contributed by atoms with Gasteiger partial charge in [-0.15, -0.1) is 0 Å². The summed E-state index contributed by atoms with van der Waals surface area (Å²) in [7, 11) is 1.55. The minimum absolute atomic E-state index is 0.0627. The van der Waals surface area contributed by atoms with Gasteiger partial charge < -0.3 is 10.6 Å². The van der Waals surface area contributed by atoms with E-state index in [4.69, 9.17) is 0 Å². The summed E-state index contributed by atoms with van der Waals surface area (Å²) < 4.78 is 26.5. The first-order chi connectivity index (χ1) is 7.61. The topological polar surface area (TPSA) is 37.0 Å². The molecule has 1 aliphatic rings. The van der Waals surface area contributed by atoms with Gasteiger partial charge >= 0.3 is 0 Å². The van der Waals surface area contributed by atoms with Gasteiger partial charge in [0.15, 0.2) is 23.3 Å². The van der Waals surface area contributed by atoms with Crippen LogP contribution in [0.15, 0.2) is 6.07 Å². The highest BCUT2D eigenvalue weighted by Crippen LogP contribution is 2.37. The fourth-order valence-corrected chi connectivity index (χ4v) is 1.68. The van der Waals surface area contributed by atoms with E-state index in [1.807, 2.05) is 0 Å². The smallest absolute Gasteiger partial charge is 0.168 e. The van der Waals surface area contributed by atoms with E-state index < -0.39 is 11.6 Å². The normalized spacial score (nSPS) is 23.0. The molecule has 0 amide bonds. The molecule has 0 saturated heterocycles. The predicted molar refractivity (Wildman–Crippen MR) is 59.5 cm³/mol. The van der Waals surface area contributed by atoms with Crippen LogP contribution in [0.4, 0.5) is 20.4 Å². The van der Waals surface area contributed by atoms with Crippen LogP contribution in [-0.2, 0) is 0 Å². The van der Waals surface area contributed by atoms with E-state index in [1.54, 1.807) is 7.05 Å². The van der Waals surface area contributed by atoms with Crippen LogP contribution in [0.1, 0.15) is 13.3 Å². The third-order valence-corrected chi connectivity index (χ3v) is 2.97. The molecule has 0 spiro atoms. The van der Waals surface area contributed by atoms with Gasteiger partial charge in [0.2, 0.25) is 0 Å². The van der Waals surface area contributed by atoms with E-state index in [0.29, 0.717) is 18.4 Å². The quantitative estimate of drug-likeness (QED) is 0.829. The second-order valence-electron chi connectivity index (χ2n) is 4.25. The molecule has 0 radical (unpaired) electrons. The number of pyridine rings is 1. The van der Waals surface area contributed by atoms with Crippen molar-refractivity contribution in [1.82, 2.24) is 4.98 Å². The largest absolute Gasteiger partial charge is 0.371 e. The molecule has 1 aromatic rings. The first-order valence-corrected chi connectivity index (χ1v) is 5.39. The summed E-state index contributed by atoms with van der Waals surface area (Å²) >= 11 is 0. The summed E-state index contributed by atoms with van der Waals surface area (Å²) in [5.41, 5.74) is 0. The molecule has 1 aromatic heterocycles. The van der Waals surface area contributed by atoms with Crippen molar-refractivity contribution >= 4 is 11.6 Å². The van der Waals surface area contributed by atoms with Crippen molar-refractivity contribution in [3.8, 4) is 0 Å². The van der Waals surface area contributed by atoms with E-state index in [2.05, 4.69) is 22.5 Å². The number of hydrogen-bond donors (Lipinski definition) is 2. The van der Waals surface area contributed by atoms with Gasteiger partial charge in [-0.2, -0.15) is 0 Å². The molecule has 88 valence electrons. The third-order valence-electron chi connectivity index (χ3n) is 2.97. The molecule has 1 aliphatic carbocycles. The van der Waals surface area contributed by atoms with Crippen molar-refractivity contribution < 1.29 is 8.78 Å². The Bertz CT molecular complexity index is 395. The number of anilines is 2. The van der Waals surface area contributed by atoms with Crippen molar-refractivity contribution in [1.29, 1.82) is 0 Å². The molecule has 2 atom stereocenters. The molecule has 0 bridgehead atoms. The maximum Gasteiger partial charge on any atom is 0.168 e. The average Bonchev–Trinajstić information content (AvgIpc) is 2.93. The first kappa shape index (κ1) is 11.1. The summed E-state index contributed by atoms with van der Waals surface area (Å²) in [6, 6.07) is 0.845. The van der Waals surface area contributed by atoms with Crippen LogP contribution >= 0.6 is 0 Å². The number of nitrogens with zero attached hydrogens (tertiary/aromatic N) is 1. The Kier molecular flexibility index (Phi) is 2.94. The predicted octanol–water partition coefficient (Wildman–Crippen LogP) is 2.47. The van der Waals surface area contributed by atoms with Crippen LogP contribution in [0.2, 0.25) is 0 Å². The van der Waals surface area contributed by atoms with Gasteiger partial charge in [0.1, 0.15) is 0 Å². The fraction of sp³-hybridized carbons (Fsp3) is 0.545. The third kappa shape index (κ3) is 2.23. The Morgan fingerprint density at radius 2 is 2.00 bits per heavy atom. The molecule has 2 N–H and O–H groups in total. The number of hydrogen-bond acceptors (Lipinski definition) is 3. The van der Waals surface area contributed by atoms with Crippen molar-refractivity contribution in [2.75, 3.05) is 24.2 Å². The van der Waals surface area contributed by atoms with Gasteiger partial charge in [-0.1, -0.05) is 6.92 Å². The van der Waals surface area contributed by atoms with Gasteiger partial charge in [-0.3, -0.25) is 0 Å². The van der Waals surface area contributed by atoms with Crippen LogP contribution in [0.3, 0.4) is 0 Å². The standard InChI is InChI=1S/C11H15F2N3/c1-6-3-7(6)5-15-11-9(13)4-8(12)10(14-2)16-11/h4,6-7H,3,5H2,1-2H3,(H2,14,15,16). The second kappa shape index (κ2) is 4.23. The number of nitrogens with one attached hydrogen (secondary N) is 2. The molecule has 0 aromatic carbocycles. The molecular formula is C11H15F2N3. The lowest BCUT2D eigenvalue weighted by Crippen LogP contribution is -2.10. The van der Waals surface area contributed by atoms with Crippen molar-refractivity contribution in [2.24, 2.45) is 11.8 Å². The van der Waals surface area contributed by atoms with E-state index >= 15 is 0 Å². The maximum absolute atomic E-state index is 13.3. The molecule has 5 heteroatoms. The van der Waals surface area contributed by atoms with Gasteiger partial charge in [0, 0.05) is 19.7 Å². The summed E-state index contributed by atoms with van der Waals surface area (Å²) in [6.45, 7) is 2.85. The van der Waals surface area contributed by atoms with Crippen molar-refractivity contribution in [2.45, 2.75) is 13.3 Å². The number of halogens is 2. The van der Waals surface area contributed by atoms with E-state index in [0.717, 1.165) is 12.5 Å². The van der Waals surface area contributed by atoms with Gasteiger partial charge in [-0.25, -0.2) is 13.8 Å². The van der Waals surface area contributed by atoms with Crippen LogP contribution in [0, 0.1) is 23.5 Å². The van der Waals surface area contributed by atoms with E-state index in [9.17, 15) is 8.78 Å². The SMILES string of the molecule is CNc1nc(NCC2CC2C)c(F)cc1F. The maximum atomic E-state index is 13.3. The minimum atomic E-state index is -0.676. The van der Waals surface area contributed by atoms with E-state index in [1.165, 1.54) is 0 Å². The highest BCUT2D eigenvalue weighted by atomic mass is 19.1. The lowest BCUT2D eigenvalue weighted by molar-refractivity contribution is 0.578. The van der Waals surface area contributed by atoms with Crippen molar-refractivity contribution in [3.05, 3.63) is 17.7 Å². The monoisotopic (exact) mass is 227 g/mol. The zero-order chi connectivity index (χ0) is 11.7. The fourth-order valence-electron chi connectivity index (χ4n) is 1.68. The molecule has 2 unspecified atom stereocenters. The molecule has 0 aliphatic heterocycles. The Labute approximate surface area is 93.3 Å². The number of rotatable bonds is 4. The molecular weight excluding hydrogens is 212 g/mol. The molecule has 1 fully saturated rings. The van der Waals surface area contributed by atoms with Gasteiger partial charge in [-0.05, 0) is 18.3 Å². The minimum Gasteiger partial charge on any atom is -0.371 e. The second-order valence-corrected chi connectivity index (χ2v) is 4.25. The van der Waals surface area contributed by atoms with Crippen LogP contribution in [0.5, 0.6) is 0 Å². The molecule has 1 saturated carbocycles. The molecule has 1 heterocycles. The van der Waals surface area contributed by atoms with Crippen LogP contribution in [-0.4, -0.2) is 18.6 Å². The highest BCUT2D eigenvalue weighted by molar-refractivity contribution is 5.47. The highest BCUT2D eigenvalue weighted by Gasteiger charge is 2.32. The first-order valence-electron chi connectivity index (χ1n) is 5.39.